The maximum absolute atomic E-state index is 11.0. The van der Waals surface area contributed by atoms with Crippen molar-refractivity contribution in [3.05, 3.63) is 45.6 Å². The molecule has 0 N–H and O–H groups in total. The van der Waals surface area contributed by atoms with Gasteiger partial charge in [-0.05, 0) is 38.1 Å². The Balaban J connectivity index is 3.16. The number of aryl methyl sites for hydroxylation is 1. The van der Waals surface area contributed by atoms with Crippen LogP contribution in [0.25, 0.3) is 6.08 Å². The second-order valence-electron chi connectivity index (χ2n) is 4.00. The maximum atomic E-state index is 11.0. The summed E-state index contributed by atoms with van der Waals surface area (Å²) in [5, 5.41) is 11.0. The van der Waals surface area contributed by atoms with Crippen molar-refractivity contribution in [1.82, 2.24) is 4.90 Å². The van der Waals surface area contributed by atoms with E-state index >= 15 is 0 Å². The molecule has 0 spiro atoms. The van der Waals surface area contributed by atoms with Gasteiger partial charge in [0.05, 0.1) is 10.5 Å². The van der Waals surface area contributed by atoms with E-state index in [0.717, 1.165) is 30.6 Å². The molecule has 1 aromatic carbocycles. The molecular formula is C14H20N2O2. The van der Waals surface area contributed by atoms with Crippen LogP contribution in [0.2, 0.25) is 0 Å². The molecule has 0 aromatic heterocycles. The van der Waals surface area contributed by atoms with E-state index in [1.807, 2.05) is 25.3 Å². The minimum absolute atomic E-state index is 0.178. The average molecular weight is 248 g/mol. The lowest BCUT2D eigenvalue weighted by Crippen LogP contribution is -2.15. The van der Waals surface area contributed by atoms with Crippen molar-refractivity contribution in [3.63, 3.8) is 0 Å². The van der Waals surface area contributed by atoms with Gasteiger partial charge in [0, 0.05) is 19.2 Å². The number of nitro benzene ring substituents is 1. The molecule has 0 amide bonds. The van der Waals surface area contributed by atoms with Gasteiger partial charge in [0.1, 0.15) is 0 Å². The van der Waals surface area contributed by atoms with Crippen LogP contribution in [0.3, 0.4) is 0 Å². The monoisotopic (exact) mass is 248 g/mol. The third kappa shape index (κ3) is 3.32. The summed E-state index contributed by atoms with van der Waals surface area (Å²) in [7, 11) is 0. The molecule has 4 heteroatoms. The van der Waals surface area contributed by atoms with Gasteiger partial charge in [-0.25, -0.2) is 0 Å². The van der Waals surface area contributed by atoms with E-state index in [9.17, 15) is 10.1 Å². The highest BCUT2D eigenvalue weighted by atomic mass is 16.6. The average Bonchev–Trinajstić information content (AvgIpc) is 2.39. The fraction of sp³-hybridized carbons (Fsp3) is 0.429. The zero-order chi connectivity index (χ0) is 13.5. The Morgan fingerprint density at radius 3 is 2.44 bits per heavy atom. The third-order valence-corrected chi connectivity index (χ3v) is 3.02. The second kappa shape index (κ2) is 6.79. The molecule has 0 aliphatic heterocycles. The Hall–Kier alpha value is -1.84. The molecule has 18 heavy (non-hydrogen) atoms. The lowest BCUT2D eigenvalue weighted by molar-refractivity contribution is -0.385. The topological polar surface area (TPSA) is 46.4 Å². The van der Waals surface area contributed by atoms with Crippen molar-refractivity contribution in [1.29, 1.82) is 0 Å². The van der Waals surface area contributed by atoms with Crippen molar-refractivity contribution in [2.45, 2.75) is 27.2 Å². The van der Waals surface area contributed by atoms with Gasteiger partial charge >= 0.3 is 0 Å². The first kappa shape index (κ1) is 14.2. The van der Waals surface area contributed by atoms with Crippen LogP contribution in [0.15, 0.2) is 24.4 Å². The second-order valence-corrected chi connectivity index (χ2v) is 4.00. The first-order chi connectivity index (χ1) is 8.63. The van der Waals surface area contributed by atoms with Gasteiger partial charge in [0.2, 0.25) is 0 Å². The molecule has 0 aliphatic rings. The van der Waals surface area contributed by atoms with Crippen molar-refractivity contribution < 1.29 is 4.92 Å². The smallest absolute Gasteiger partial charge is 0.276 e. The maximum Gasteiger partial charge on any atom is 0.276 e. The molecule has 0 saturated heterocycles. The van der Waals surface area contributed by atoms with Gasteiger partial charge < -0.3 is 4.90 Å². The van der Waals surface area contributed by atoms with Gasteiger partial charge in [-0.15, -0.1) is 0 Å². The highest BCUT2D eigenvalue weighted by Gasteiger charge is 2.13. The summed E-state index contributed by atoms with van der Waals surface area (Å²) in [5.74, 6) is 0. The fourth-order valence-electron chi connectivity index (χ4n) is 1.87. The van der Waals surface area contributed by atoms with Crippen LogP contribution < -0.4 is 0 Å². The quantitative estimate of drug-likeness (QED) is 0.572. The lowest BCUT2D eigenvalue weighted by Gasteiger charge is -2.15. The highest BCUT2D eigenvalue weighted by molar-refractivity contribution is 5.64. The number of hydrogen-bond donors (Lipinski definition) is 0. The largest absolute Gasteiger partial charge is 0.378 e. The van der Waals surface area contributed by atoms with Crippen LogP contribution in [0.1, 0.15) is 31.9 Å². The molecule has 0 heterocycles. The van der Waals surface area contributed by atoms with Crippen molar-refractivity contribution in [2.24, 2.45) is 0 Å². The Morgan fingerprint density at radius 1 is 1.28 bits per heavy atom. The van der Waals surface area contributed by atoms with Gasteiger partial charge in [0.15, 0.2) is 0 Å². The minimum atomic E-state index is -0.318. The van der Waals surface area contributed by atoms with E-state index in [0.29, 0.717) is 0 Å². The molecular weight excluding hydrogens is 228 g/mol. The van der Waals surface area contributed by atoms with Crippen LogP contribution in [-0.4, -0.2) is 22.9 Å². The number of nitrogens with zero attached hydrogens (tertiary/aromatic N) is 2. The van der Waals surface area contributed by atoms with Gasteiger partial charge in [-0.3, -0.25) is 10.1 Å². The fourth-order valence-corrected chi connectivity index (χ4v) is 1.87. The molecule has 0 atom stereocenters. The van der Waals surface area contributed by atoms with Crippen LogP contribution in [0.5, 0.6) is 0 Å². The molecule has 4 nitrogen and oxygen atoms in total. The van der Waals surface area contributed by atoms with E-state index in [1.54, 1.807) is 12.1 Å². The van der Waals surface area contributed by atoms with E-state index in [1.165, 1.54) is 0 Å². The molecule has 98 valence electrons. The molecule has 0 fully saturated rings. The molecule has 0 radical (unpaired) electrons. The number of hydrogen-bond acceptors (Lipinski definition) is 3. The summed E-state index contributed by atoms with van der Waals surface area (Å²) in [4.78, 5) is 12.8. The normalized spacial score (nSPS) is 10.8. The predicted molar refractivity (Wildman–Crippen MR) is 74.4 cm³/mol. The molecule has 0 aliphatic carbocycles. The van der Waals surface area contributed by atoms with Crippen LogP contribution in [0.4, 0.5) is 5.69 Å². The molecule has 0 saturated carbocycles. The summed E-state index contributed by atoms with van der Waals surface area (Å²) in [6.07, 6.45) is 4.57. The lowest BCUT2D eigenvalue weighted by atomic mass is 10.0. The van der Waals surface area contributed by atoms with Gasteiger partial charge in [-0.1, -0.05) is 19.1 Å². The van der Waals surface area contributed by atoms with E-state index in [-0.39, 0.29) is 10.6 Å². The molecule has 0 unspecified atom stereocenters. The molecule has 1 rings (SSSR count). The minimum Gasteiger partial charge on any atom is -0.378 e. The van der Waals surface area contributed by atoms with Crippen LogP contribution in [0, 0.1) is 10.1 Å². The van der Waals surface area contributed by atoms with Crippen LogP contribution in [-0.2, 0) is 6.42 Å². The van der Waals surface area contributed by atoms with E-state index < -0.39 is 0 Å². The summed E-state index contributed by atoms with van der Waals surface area (Å²) >= 11 is 0. The zero-order valence-corrected chi connectivity index (χ0v) is 11.2. The standard InChI is InChI=1S/C14H20N2O2/c1-4-12-8-7-9-14(16(17)18)13(12)10-11-15(5-2)6-3/h7-11H,4-6H2,1-3H3. The SMILES string of the molecule is CCc1cccc([N+](=O)[O-])c1C=CN(CC)CC. The highest BCUT2D eigenvalue weighted by Crippen LogP contribution is 2.24. The molecule has 0 bridgehead atoms. The first-order valence-electron chi connectivity index (χ1n) is 6.32. The number of nitro groups is 1. The van der Waals surface area contributed by atoms with Crippen molar-refractivity contribution >= 4 is 11.8 Å². The summed E-state index contributed by atoms with van der Waals surface area (Å²) in [6.45, 7) is 7.93. The Bertz CT molecular complexity index is 437. The molecule has 1 aromatic rings. The van der Waals surface area contributed by atoms with Crippen molar-refractivity contribution in [3.8, 4) is 0 Å². The summed E-state index contributed by atoms with van der Waals surface area (Å²) < 4.78 is 0. The Morgan fingerprint density at radius 2 is 1.94 bits per heavy atom. The zero-order valence-electron chi connectivity index (χ0n) is 11.2. The Kier molecular flexibility index (Phi) is 5.36. The van der Waals surface area contributed by atoms with Crippen molar-refractivity contribution in [2.75, 3.05) is 13.1 Å². The van der Waals surface area contributed by atoms with Crippen LogP contribution >= 0.6 is 0 Å². The third-order valence-electron chi connectivity index (χ3n) is 3.02. The van der Waals surface area contributed by atoms with Gasteiger partial charge in [0.25, 0.3) is 5.69 Å². The van der Waals surface area contributed by atoms with Gasteiger partial charge in [-0.2, -0.15) is 0 Å². The number of rotatable bonds is 6. The Labute approximate surface area is 108 Å². The van der Waals surface area contributed by atoms with E-state index in [4.69, 9.17) is 0 Å². The summed E-state index contributed by atoms with van der Waals surface area (Å²) in [6, 6.07) is 5.24. The number of benzene rings is 1. The predicted octanol–water partition coefficient (Wildman–Crippen LogP) is 3.47. The van der Waals surface area contributed by atoms with E-state index in [2.05, 4.69) is 18.7 Å². The first-order valence-corrected chi connectivity index (χ1v) is 6.32. The summed E-state index contributed by atoms with van der Waals surface area (Å²) in [5.41, 5.74) is 1.90.